The van der Waals surface area contributed by atoms with Gasteiger partial charge in [-0.2, -0.15) is 0 Å². The molecule has 0 spiro atoms. The van der Waals surface area contributed by atoms with Gasteiger partial charge in [-0.25, -0.2) is 0 Å². The molecule has 0 bridgehead atoms. The number of ether oxygens (including phenoxy) is 1. The highest BCUT2D eigenvalue weighted by Gasteiger charge is 2.45. The predicted octanol–water partition coefficient (Wildman–Crippen LogP) is 4.23. The van der Waals surface area contributed by atoms with Crippen LogP contribution in [0.4, 0.5) is 0 Å². The van der Waals surface area contributed by atoms with E-state index in [4.69, 9.17) is 4.74 Å². The summed E-state index contributed by atoms with van der Waals surface area (Å²) in [5, 5.41) is 0.236. The molecule has 0 fully saturated rings. The average Bonchev–Trinajstić information content (AvgIpc) is 2.12. The zero-order chi connectivity index (χ0) is 13.0. The summed E-state index contributed by atoms with van der Waals surface area (Å²) < 4.78 is 5.23. The molecule has 1 unspecified atom stereocenters. The fraction of sp³-hybridized carbons (Fsp3) is 0.923. The molecule has 0 amide bonds. The second kappa shape index (κ2) is 5.85. The molecule has 0 aliphatic carbocycles. The van der Waals surface area contributed by atoms with Crippen LogP contribution in [0.1, 0.15) is 47.5 Å². The fourth-order valence-electron chi connectivity index (χ4n) is 1.83. The van der Waals surface area contributed by atoms with E-state index < -0.39 is 8.07 Å². The van der Waals surface area contributed by atoms with Gasteiger partial charge in [0.05, 0.1) is 20.2 Å². The Labute approximate surface area is 102 Å². The first-order valence-corrected chi connectivity index (χ1v) is 9.42. The number of rotatable bonds is 5. The molecule has 16 heavy (non-hydrogen) atoms. The van der Waals surface area contributed by atoms with Gasteiger partial charge in [0.25, 0.3) is 0 Å². The lowest BCUT2D eigenvalue weighted by Crippen LogP contribution is -2.45. The van der Waals surface area contributed by atoms with Crippen LogP contribution in [-0.2, 0) is 9.53 Å². The molecule has 0 rings (SSSR count). The highest BCUT2D eigenvalue weighted by molar-refractivity contribution is 6.84. The van der Waals surface area contributed by atoms with Crippen molar-refractivity contribution < 1.29 is 9.53 Å². The normalized spacial score (nSPS) is 14.7. The molecule has 0 saturated carbocycles. The first-order chi connectivity index (χ1) is 7.18. The highest BCUT2D eigenvalue weighted by atomic mass is 28.3. The maximum Gasteiger partial charge on any atom is 0.306 e. The summed E-state index contributed by atoms with van der Waals surface area (Å²) in [6.45, 7) is 15.9. The van der Waals surface area contributed by atoms with Crippen molar-refractivity contribution in [1.82, 2.24) is 0 Å². The van der Waals surface area contributed by atoms with Gasteiger partial charge in [-0.3, -0.25) is 4.79 Å². The van der Waals surface area contributed by atoms with Crippen LogP contribution in [0, 0.1) is 0 Å². The Morgan fingerprint density at radius 3 is 2.06 bits per heavy atom. The molecule has 0 aliphatic heterocycles. The van der Waals surface area contributed by atoms with Crippen molar-refractivity contribution in [2.75, 3.05) is 6.61 Å². The van der Waals surface area contributed by atoms with E-state index >= 15 is 0 Å². The third-order valence-electron chi connectivity index (χ3n) is 3.95. The van der Waals surface area contributed by atoms with Crippen molar-refractivity contribution in [2.24, 2.45) is 0 Å². The maximum atomic E-state index is 12.0. The summed E-state index contributed by atoms with van der Waals surface area (Å²) in [6.07, 6.45) is 2.02. The topological polar surface area (TPSA) is 26.3 Å². The number of hydrogen-bond acceptors (Lipinski definition) is 2. The number of carbonyl (C=O) groups is 1. The van der Waals surface area contributed by atoms with E-state index in [9.17, 15) is 4.79 Å². The van der Waals surface area contributed by atoms with E-state index in [0.717, 1.165) is 12.8 Å². The lowest BCUT2D eigenvalue weighted by molar-refractivity contribution is -0.143. The monoisotopic (exact) mass is 244 g/mol. The van der Waals surface area contributed by atoms with Crippen LogP contribution in [0.5, 0.6) is 0 Å². The first kappa shape index (κ1) is 15.7. The molecule has 0 aromatic rings. The largest absolute Gasteiger partial charge is 0.466 e. The van der Waals surface area contributed by atoms with Crippen LogP contribution in [0.15, 0.2) is 0 Å². The van der Waals surface area contributed by atoms with Gasteiger partial charge in [0.15, 0.2) is 0 Å². The molecule has 0 N–H and O–H groups in total. The maximum absolute atomic E-state index is 12.0. The number of hydrogen-bond donors (Lipinski definition) is 0. The smallest absolute Gasteiger partial charge is 0.306 e. The summed E-state index contributed by atoms with van der Waals surface area (Å²) in [7, 11) is -1.63. The van der Waals surface area contributed by atoms with Gasteiger partial charge >= 0.3 is 5.97 Å². The van der Waals surface area contributed by atoms with Crippen molar-refractivity contribution >= 4 is 14.0 Å². The summed E-state index contributed by atoms with van der Waals surface area (Å²) >= 11 is 0. The van der Waals surface area contributed by atoms with Crippen molar-refractivity contribution in [1.29, 1.82) is 0 Å². The Bertz CT molecular complexity index is 229. The highest BCUT2D eigenvalue weighted by Crippen LogP contribution is 2.45. The van der Waals surface area contributed by atoms with Crippen molar-refractivity contribution in [3.63, 3.8) is 0 Å². The summed E-state index contributed by atoms with van der Waals surface area (Å²) in [5.41, 5.74) is 0.137. The number of carbonyl (C=O) groups excluding carboxylic acids is 1. The van der Waals surface area contributed by atoms with Crippen LogP contribution in [0.3, 0.4) is 0 Å². The summed E-state index contributed by atoms with van der Waals surface area (Å²) in [6, 6.07) is 0. The summed E-state index contributed by atoms with van der Waals surface area (Å²) in [5.74, 6) is 0.0240. The summed E-state index contributed by atoms with van der Waals surface area (Å²) in [4.78, 5) is 12.0. The van der Waals surface area contributed by atoms with Gasteiger partial charge in [0.2, 0.25) is 0 Å². The van der Waals surface area contributed by atoms with E-state index in [1.54, 1.807) is 0 Å². The quantitative estimate of drug-likeness (QED) is 0.534. The lowest BCUT2D eigenvalue weighted by atomic mass is 10.2. The standard InChI is InChI=1S/C13H28O2Si/c1-8-10-11(12(14)15-9-2)16(6,7)13(3,4)5/h11H,8-10H2,1-7H3. The lowest BCUT2D eigenvalue weighted by Gasteiger charge is -2.42. The van der Waals surface area contributed by atoms with Gasteiger partial charge < -0.3 is 4.74 Å². The zero-order valence-corrected chi connectivity index (χ0v) is 13.0. The third kappa shape index (κ3) is 3.61. The Morgan fingerprint density at radius 2 is 1.75 bits per heavy atom. The van der Waals surface area contributed by atoms with E-state index in [0.29, 0.717) is 6.61 Å². The van der Waals surface area contributed by atoms with Crippen LogP contribution >= 0.6 is 0 Å². The number of esters is 1. The molecule has 0 aromatic carbocycles. The van der Waals surface area contributed by atoms with Crippen LogP contribution < -0.4 is 0 Å². The third-order valence-corrected chi connectivity index (χ3v) is 10.1. The Hall–Kier alpha value is -0.313. The Morgan fingerprint density at radius 1 is 1.25 bits per heavy atom. The molecule has 96 valence electrons. The van der Waals surface area contributed by atoms with E-state index in [-0.39, 0.29) is 16.5 Å². The van der Waals surface area contributed by atoms with Gasteiger partial charge in [0, 0.05) is 0 Å². The van der Waals surface area contributed by atoms with Crippen LogP contribution in [0.2, 0.25) is 23.7 Å². The second-order valence-electron chi connectivity index (χ2n) is 6.06. The second-order valence-corrected chi connectivity index (χ2v) is 11.7. The van der Waals surface area contributed by atoms with E-state index in [1.807, 2.05) is 6.92 Å². The molecule has 0 aromatic heterocycles. The van der Waals surface area contributed by atoms with Gasteiger partial charge in [0.1, 0.15) is 0 Å². The molecule has 1 atom stereocenters. The Kier molecular flexibility index (Phi) is 5.74. The minimum Gasteiger partial charge on any atom is -0.466 e. The Balaban J connectivity index is 4.97. The van der Waals surface area contributed by atoms with Gasteiger partial charge in [-0.15, -0.1) is 0 Å². The minimum atomic E-state index is -1.63. The molecule has 2 nitrogen and oxygen atoms in total. The molecule has 0 radical (unpaired) electrons. The SMILES string of the molecule is CCCC(C(=O)OCC)[Si](C)(C)C(C)(C)C. The molecule has 0 aliphatic rings. The minimum absolute atomic E-state index is 0.0240. The van der Waals surface area contributed by atoms with Gasteiger partial charge in [-0.1, -0.05) is 47.2 Å². The average molecular weight is 244 g/mol. The van der Waals surface area contributed by atoms with Crippen LogP contribution in [-0.4, -0.2) is 20.7 Å². The van der Waals surface area contributed by atoms with Crippen molar-refractivity contribution in [2.45, 2.75) is 71.1 Å². The van der Waals surface area contributed by atoms with Crippen molar-refractivity contribution in [3.05, 3.63) is 0 Å². The first-order valence-electron chi connectivity index (χ1n) is 6.35. The van der Waals surface area contributed by atoms with Gasteiger partial charge in [-0.05, 0) is 18.4 Å². The molecule has 0 heterocycles. The molecule has 3 heteroatoms. The zero-order valence-electron chi connectivity index (χ0n) is 12.0. The van der Waals surface area contributed by atoms with Crippen molar-refractivity contribution in [3.8, 4) is 0 Å². The molecular weight excluding hydrogens is 216 g/mol. The van der Waals surface area contributed by atoms with E-state index in [2.05, 4.69) is 40.8 Å². The molecule has 0 saturated heterocycles. The predicted molar refractivity (Wildman–Crippen MR) is 72.5 cm³/mol. The molecular formula is C13H28O2Si. The fourth-order valence-corrected chi connectivity index (χ4v) is 4.56. The van der Waals surface area contributed by atoms with E-state index in [1.165, 1.54) is 0 Å². The van der Waals surface area contributed by atoms with Crippen LogP contribution in [0.25, 0.3) is 0 Å².